The van der Waals surface area contributed by atoms with Crippen molar-refractivity contribution in [2.45, 2.75) is 52.0 Å². The Balaban J connectivity index is 2.22. The summed E-state index contributed by atoms with van der Waals surface area (Å²) in [6.45, 7) is 8.97. The molecule has 0 saturated carbocycles. The lowest BCUT2D eigenvalue weighted by molar-refractivity contribution is -0.0960. The van der Waals surface area contributed by atoms with Crippen molar-refractivity contribution in [3.8, 4) is 0 Å². The highest BCUT2D eigenvalue weighted by atomic mass is 16.5. The minimum Gasteiger partial charge on any atom is -0.351 e. The van der Waals surface area contributed by atoms with Crippen molar-refractivity contribution in [3.05, 3.63) is 35.9 Å². The van der Waals surface area contributed by atoms with Crippen molar-refractivity contribution in [1.82, 2.24) is 4.90 Å². The monoisotopic (exact) mass is 247 g/mol. The number of ether oxygens (including phenoxy) is 1. The van der Waals surface area contributed by atoms with Gasteiger partial charge in [0.05, 0.1) is 0 Å². The second kappa shape index (κ2) is 5.02. The second-order valence-electron chi connectivity index (χ2n) is 6.07. The van der Waals surface area contributed by atoms with Crippen LogP contribution in [0.5, 0.6) is 0 Å². The van der Waals surface area contributed by atoms with Crippen molar-refractivity contribution in [3.63, 3.8) is 0 Å². The normalized spacial score (nSPS) is 33.2. The summed E-state index contributed by atoms with van der Waals surface area (Å²) in [6, 6.07) is 11.0. The molecule has 0 aliphatic carbocycles. The summed E-state index contributed by atoms with van der Waals surface area (Å²) < 4.78 is 6.40. The van der Waals surface area contributed by atoms with Gasteiger partial charge < -0.3 is 4.74 Å². The standard InChI is InChI=1S/C16H25NO/c1-12(2)11-16(4)17(5)13(3)15(18-16)14-9-7-6-8-10-14/h6-10,12-13,15H,11H2,1-5H3/t13-,15-,16-/m0/s1. The van der Waals surface area contributed by atoms with Gasteiger partial charge in [-0.15, -0.1) is 0 Å². The molecular weight excluding hydrogens is 222 g/mol. The van der Waals surface area contributed by atoms with Crippen molar-refractivity contribution < 1.29 is 4.74 Å². The smallest absolute Gasteiger partial charge is 0.120 e. The van der Waals surface area contributed by atoms with Crippen molar-refractivity contribution in [2.75, 3.05) is 7.05 Å². The maximum atomic E-state index is 6.40. The van der Waals surface area contributed by atoms with Gasteiger partial charge in [-0.05, 0) is 38.8 Å². The molecule has 1 aliphatic heterocycles. The molecule has 1 aliphatic rings. The molecular formula is C16H25NO. The SMILES string of the molecule is CC(C)C[C@]1(C)O[C@H](c2ccccc2)[C@H](C)N1C. The van der Waals surface area contributed by atoms with Crippen LogP contribution in [0.4, 0.5) is 0 Å². The largest absolute Gasteiger partial charge is 0.351 e. The van der Waals surface area contributed by atoms with Crippen LogP contribution in [-0.2, 0) is 4.74 Å². The summed E-state index contributed by atoms with van der Waals surface area (Å²) in [5.74, 6) is 0.638. The first-order chi connectivity index (χ1) is 8.44. The number of hydrogen-bond acceptors (Lipinski definition) is 2. The van der Waals surface area contributed by atoms with Crippen LogP contribution in [0.1, 0.15) is 45.8 Å². The van der Waals surface area contributed by atoms with Crippen LogP contribution in [0, 0.1) is 5.92 Å². The predicted octanol–water partition coefficient (Wildman–Crippen LogP) is 3.84. The Labute approximate surface area is 111 Å². The van der Waals surface area contributed by atoms with Gasteiger partial charge in [0.2, 0.25) is 0 Å². The van der Waals surface area contributed by atoms with E-state index in [0.717, 1.165) is 6.42 Å². The molecule has 2 rings (SSSR count). The Bertz CT molecular complexity index is 389. The first-order valence-electron chi connectivity index (χ1n) is 6.90. The van der Waals surface area contributed by atoms with E-state index in [0.29, 0.717) is 12.0 Å². The van der Waals surface area contributed by atoms with E-state index in [1.54, 1.807) is 0 Å². The zero-order valence-electron chi connectivity index (χ0n) is 12.2. The minimum absolute atomic E-state index is 0.145. The molecule has 1 heterocycles. The summed E-state index contributed by atoms with van der Waals surface area (Å²) in [4.78, 5) is 2.38. The molecule has 0 radical (unpaired) electrons. The van der Waals surface area contributed by atoms with Crippen LogP contribution in [0.2, 0.25) is 0 Å². The van der Waals surface area contributed by atoms with Gasteiger partial charge in [-0.2, -0.15) is 0 Å². The molecule has 1 aromatic rings. The molecule has 0 bridgehead atoms. The van der Waals surface area contributed by atoms with Crippen molar-refractivity contribution in [1.29, 1.82) is 0 Å². The highest BCUT2D eigenvalue weighted by Gasteiger charge is 2.46. The van der Waals surface area contributed by atoms with Crippen LogP contribution < -0.4 is 0 Å². The maximum Gasteiger partial charge on any atom is 0.120 e. The molecule has 3 atom stereocenters. The highest BCUT2D eigenvalue weighted by molar-refractivity contribution is 5.20. The third kappa shape index (κ3) is 2.45. The molecule has 0 amide bonds. The van der Waals surface area contributed by atoms with E-state index in [1.807, 2.05) is 0 Å². The third-order valence-electron chi connectivity index (χ3n) is 4.09. The van der Waals surface area contributed by atoms with E-state index in [-0.39, 0.29) is 11.8 Å². The maximum absolute atomic E-state index is 6.40. The lowest BCUT2D eigenvalue weighted by Gasteiger charge is -2.33. The minimum atomic E-state index is -0.145. The summed E-state index contributed by atoms with van der Waals surface area (Å²) in [5.41, 5.74) is 1.14. The number of likely N-dealkylation sites (N-methyl/N-ethyl adjacent to an activating group) is 1. The van der Waals surface area contributed by atoms with Crippen LogP contribution in [0.15, 0.2) is 30.3 Å². The molecule has 100 valence electrons. The molecule has 1 saturated heterocycles. The van der Waals surface area contributed by atoms with Crippen molar-refractivity contribution >= 4 is 0 Å². The third-order valence-corrected chi connectivity index (χ3v) is 4.09. The van der Waals surface area contributed by atoms with Crippen LogP contribution in [0.3, 0.4) is 0 Å². The molecule has 0 spiro atoms. The first-order valence-corrected chi connectivity index (χ1v) is 6.90. The van der Waals surface area contributed by atoms with Gasteiger partial charge in [-0.3, -0.25) is 4.90 Å². The molecule has 18 heavy (non-hydrogen) atoms. The van der Waals surface area contributed by atoms with Crippen LogP contribution in [0.25, 0.3) is 0 Å². The number of benzene rings is 1. The summed E-state index contributed by atoms with van der Waals surface area (Å²) in [6.07, 6.45) is 1.25. The van der Waals surface area contributed by atoms with Crippen molar-refractivity contribution in [2.24, 2.45) is 5.92 Å². The fourth-order valence-corrected chi connectivity index (χ4v) is 3.03. The highest BCUT2D eigenvalue weighted by Crippen LogP contribution is 2.42. The van der Waals surface area contributed by atoms with E-state index in [1.165, 1.54) is 5.56 Å². The average Bonchev–Trinajstić information content (AvgIpc) is 2.54. The Morgan fingerprint density at radius 1 is 1.28 bits per heavy atom. The molecule has 2 nitrogen and oxygen atoms in total. The zero-order valence-corrected chi connectivity index (χ0v) is 12.2. The van der Waals surface area contributed by atoms with E-state index in [9.17, 15) is 0 Å². The molecule has 2 heteroatoms. The summed E-state index contributed by atoms with van der Waals surface area (Å²) in [7, 11) is 2.18. The first kappa shape index (κ1) is 13.6. The average molecular weight is 247 g/mol. The fourth-order valence-electron chi connectivity index (χ4n) is 3.03. The molecule has 0 N–H and O–H groups in total. The van der Waals surface area contributed by atoms with Gasteiger partial charge in [0.15, 0.2) is 0 Å². The number of hydrogen-bond donors (Lipinski definition) is 0. The lowest BCUT2D eigenvalue weighted by Crippen LogP contribution is -2.43. The van der Waals surface area contributed by atoms with Gasteiger partial charge >= 0.3 is 0 Å². The van der Waals surface area contributed by atoms with Crippen LogP contribution in [-0.4, -0.2) is 23.7 Å². The van der Waals surface area contributed by atoms with Gasteiger partial charge in [0.1, 0.15) is 11.8 Å². The van der Waals surface area contributed by atoms with E-state index < -0.39 is 0 Å². The topological polar surface area (TPSA) is 12.5 Å². The molecule has 1 fully saturated rings. The Kier molecular flexibility index (Phi) is 3.79. The fraction of sp³-hybridized carbons (Fsp3) is 0.625. The molecule has 0 unspecified atom stereocenters. The van der Waals surface area contributed by atoms with Gasteiger partial charge in [-0.1, -0.05) is 44.2 Å². The zero-order chi connectivity index (χ0) is 13.3. The summed E-state index contributed by atoms with van der Waals surface area (Å²) in [5, 5.41) is 0. The lowest BCUT2D eigenvalue weighted by atomic mass is 10.00. The van der Waals surface area contributed by atoms with E-state index in [2.05, 4.69) is 70.0 Å². The summed E-state index contributed by atoms with van der Waals surface area (Å²) >= 11 is 0. The number of rotatable bonds is 3. The predicted molar refractivity (Wildman–Crippen MR) is 75.4 cm³/mol. The Morgan fingerprint density at radius 3 is 2.44 bits per heavy atom. The Hall–Kier alpha value is -0.860. The van der Waals surface area contributed by atoms with E-state index >= 15 is 0 Å². The van der Waals surface area contributed by atoms with Gasteiger partial charge in [-0.25, -0.2) is 0 Å². The quantitative estimate of drug-likeness (QED) is 0.804. The van der Waals surface area contributed by atoms with Crippen LogP contribution >= 0.6 is 0 Å². The van der Waals surface area contributed by atoms with Gasteiger partial charge in [0, 0.05) is 6.04 Å². The van der Waals surface area contributed by atoms with Gasteiger partial charge in [0.25, 0.3) is 0 Å². The van der Waals surface area contributed by atoms with E-state index in [4.69, 9.17) is 4.74 Å². The molecule has 1 aromatic carbocycles. The second-order valence-corrected chi connectivity index (χ2v) is 6.07. The number of nitrogens with zero attached hydrogens (tertiary/aromatic N) is 1. The Morgan fingerprint density at radius 2 is 1.89 bits per heavy atom. The molecule has 0 aromatic heterocycles.